The topological polar surface area (TPSA) is 38.0 Å². The number of nitrogens with two attached hydrogens (primary N) is 1. The van der Waals surface area contributed by atoms with E-state index in [1.54, 1.807) is 12.1 Å². The lowest BCUT2D eigenvalue weighted by molar-refractivity contribution is 0.391. The molecule has 2 atom stereocenters. The third-order valence-electron chi connectivity index (χ3n) is 4.87. The monoisotopic (exact) mass is 348 g/mol. The maximum absolute atomic E-state index is 13.5. The van der Waals surface area contributed by atoms with E-state index in [-0.39, 0.29) is 18.2 Å². The van der Waals surface area contributed by atoms with Crippen molar-refractivity contribution < 1.29 is 4.39 Å². The molecule has 0 aliphatic heterocycles. The highest BCUT2D eigenvalue weighted by Gasteiger charge is 2.29. The van der Waals surface area contributed by atoms with Crippen molar-refractivity contribution in [2.24, 2.45) is 5.73 Å². The van der Waals surface area contributed by atoms with Gasteiger partial charge in [0.05, 0.1) is 0 Å². The van der Waals surface area contributed by atoms with E-state index < -0.39 is 0 Å². The molecule has 2 unspecified atom stereocenters. The van der Waals surface area contributed by atoms with E-state index >= 15 is 0 Å². The third kappa shape index (κ3) is 4.15. The van der Waals surface area contributed by atoms with Crippen molar-refractivity contribution in [1.82, 2.24) is 5.32 Å². The second-order valence-corrected chi connectivity index (χ2v) is 6.38. The Labute approximate surface area is 150 Å². The van der Waals surface area contributed by atoms with Gasteiger partial charge in [-0.25, -0.2) is 4.39 Å². The van der Waals surface area contributed by atoms with E-state index in [0.29, 0.717) is 18.5 Å². The van der Waals surface area contributed by atoms with Crippen molar-refractivity contribution in [2.45, 2.75) is 44.7 Å². The summed E-state index contributed by atoms with van der Waals surface area (Å²) in [4.78, 5) is 0. The number of benzene rings is 2. The molecule has 0 spiro atoms. The largest absolute Gasteiger partial charge is 0.326 e. The van der Waals surface area contributed by atoms with Crippen molar-refractivity contribution in [3.63, 3.8) is 0 Å². The number of rotatable bonds is 5. The number of fused-ring (bicyclic) bond motifs is 1. The molecular weight excluding hydrogens is 323 g/mol. The average Bonchev–Trinajstić information content (AvgIpc) is 2.57. The van der Waals surface area contributed by atoms with Gasteiger partial charge >= 0.3 is 0 Å². The Morgan fingerprint density at radius 1 is 1.17 bits per heavy atom. The summed E-state index contributed by atoms with van der Waals surface area (Å²) in [5.74, 6) is 0.209. The average molecular weight is 349 g/mol. The molecule has 3 N–H and O–H groups in total. The predicted molar refractivity (Wildman–Crippen MR) is 100 cm³/mol. The van der Waals surface area contributed by atoms with Crippen LogP contribution < -0.4 is 11.1 Å². The van der Waals surface area contributed by atoms with E-state index in [1.165, 1.54) is 22.8 Å². The molecule has 0 amide bonds. The summed E-state index contributed by atoms with van der Waals surface area (Å²) < 4.78 is 13.5. The highest BCUT2D eigenvalue weighted by molar-refractivity contribution is 5.85. The van der Waals surface area contributed by atoms with Gasteiger partial charge in [-0.05, 0) is 60.2 Å². The van der Waals surface area contributed by atoms with Crippen molar-refractivity contribution in [2.75, 3.05) is 6.54 Å². The van der Waals surface area contributed by atoms with Gasteiger partial charge < -0.3 is 11.1 Å². The summed E-state index contributed by atoms with van der Waals surface area (Å²) in [6, 6.07) is 14.0. The summed E-state index contributed by atoms with van der Waals surface area (Å²) >= 11 is 0. The van der Waals surface area contributed by atoms with Crippen molar-refractivity contribution in [1.29, 1.82) is 0 Å². The van der Waals surface area contributed by atoms with E-state index in [0.717, 1.165) is 31.4 Å². The SMILES string of the molecule is CCNC1CCc2ccc(CN)cc2C1Cc1cccc(F)c1.Cl. The molecule has 3 rings (SSSR count). The van der Waals surface area contributed by atoms with Crippen LogP contribution in [0.1, 0.15) is 41.5 Å². The Morgan fingerprint density at radius 2 is 2.00 bits per heavy atom. The second kappa shape index (κ2) is 8.61. The zero-order valence-electron chi connectivity index (χ0n) is 14.1. The van der Waals surface area contributed by atoms with Crippen LogP contribution in [-0.2, 0) is 19.4 Å². The van der Waals surface area contributed by atoms with Crippen molar-refractivity contribution in [3.8, 4) is 0 Å². The maximum Gasteiger partial charge on any atom is 0.123 e. The number of likely N-dealkylation sites (N-methyl/N-ethyl adjacent to an activating group) is 1. The highest BCUT2D eigenvalue weighted by Crippen LogP contribution is 2.35. The fraction of sp³-hybridized carbons (Fsp3) is 0.400. The molecule has 0 saturated carbocycles. The Kier molecular flexibility index (Phi) is 6.79. The lowest BCUT2D eigenvalue weighted by atomic mass is 9.75. The van der Waals surface area contributed by atoms with Gasteiger partial charge in [-0.2, -0.15) is 0 Å². The highest BCUT2D eigenvalue weighted by atomic mass is 35.5. The summed E-state index contributed by atoms with van der Waals surface area (Å²) in [6.07, 6.45) is 3.08. The zero-order valence-corrected chi connectivity index (χ0v) is 14.9. The summed E-state index contributed by atoms with van der Waals surface area (Å²) in [5.41, 5.74) is 10.9. The van der Waals surface area contributed by atoms with Crippen LogP contribution in [0, 0.1) is 5.82 Å². The van der Waals surface area contributed by atoms with Crippen LogP contribution in [0.2, 0.25) is 0 Å². The Hall–Kier alpha value is -1.42. The molecule has 2 aromatic rings. The first-order chi connectivity index (χ1) is 11.2. The maximum atomic E-state index is 13.5. The summed E-state index contributed by atoms with van der Waals surface area (Å²) in [6.45, 7) is 3.66. The minimum Gasteiger partial charge on any atom is -0.326 e. The molecule has 1 aliphatic carbocycles. The summed E-state index contributed by atoms with van der Waals surface area (Å²) in [5, 5.41) is 3.62. The molecule has 0 heterocycles. The number of nitrogens with one attached hydrogen (secondary N) is 1. The standard InChI is InChI=1S/C20H25FN2.ClH/c1-2-23-20-9-8-16-7-6-15(13-22)12-18(16)19(20)11-14-4-3-5-17(21)10-14;/h3-7,10,12,19-20,23H,2,8-9,11,13,22H2,1H3;1H. The molecule has 0 bridgehead atoms. The molecule has 24 heavy (non-hydrogen) atoms. The summed E-state index contributed by atoms with van der Waals surface area (Å²) in [7, 11) is 0. The molecule has 0 aromatic heterocycles. The van der Waals surface area contributed by atoms with Crippen LogP contribution in [0.25, 0.3) is 0 Å². The number of aryl methyl sites for hydroxylation is 1. The molecule has 0 fully saturated rings. The first-order valence-corrected chi connectivity index (χ1v) is 8.51. The van der Waals surface area contributed by atoms with Gasteiger partial charge in [0, 0.05) is 18.5 Å². The number of hydrogen-bond acceptors (Lipinski definition) is 2. The van der Waals surface area contributed by atoms with Gasteiger partial charge in [-0.15, -0.1) is 12.4 Å². The molecule has 2 aromatic carbocycles. The first kappa shape index (κ1) is 18.9. The minimum absolute atomic E-state index is 0. The molecule has 1 aliphatic rings. The van der Waals surface area contributed by atoms with Crippen LogP contribution in [0.4, 0.5) is 4.39 Å². The van der Waals surface area contributed by atoms with E-state index in [4.69, 9.17) is 5.73 Å². The van der Waals surface area contributed by atoms with Crippen LogP contribution >= 0.6 is 12.4 Å². The van der Waals surface area contributed by atoms with Gasteiger partial charge in [-0.3, -0.25) is 0 Å². The predicted octanol–water partition coefficient (Wildman–Crippen LogP) is 3.96. The fourth-order valence-electron chi connectivity index (χ4n) is 3.75. The smallest absolute Gasteiger partial charge is 0.123 e. The van der Waals surface area contributed by atoms with Crippen molar-refractivity contribution in [3.05, 3.63) is 70.5 Å². The fourth-order valence-corrected chi connectivity index (χ4v) is 3.75. The molecule has 4 heteroatoms. The quantitative estimate of drug-likeness (QED) is 0.858. The van der Waals surface area contributed by atoms with Crippen molar-refractivity contribution >= 4 is 12.4 Å². The number of halogens is 2. The van der Waals surface area contributed by atoms with E-state index in [9.17, 15) is 4.39 Å². The van der Waals surface area contributed by atoms with Crippen LogP contribution in [-0.4, -0.2) is 12.6 Å². The Balaban J connectivity index is 0.00000208. The molecule has 0 saturated heterocycles. The van der Waals surface area contributed by atoms with E-state index in [2.05, 4.69) is 30.4 Å². The van der Waals surface area contributed by atoms with Crippen LogP contribution in [0.5, 0.6) is 0 Å². The zero-order chi connectivity index (χ0) is 16.2. The molecule has 130 valence electrons. The van der Waals surface area contributed by atoms with Crippen LogP contribution in [0.3, 0.4) is 0 Å². The number of hydrogen-bond donors (Lipinski definition) is 2. The van der Waals surface area contributed by atoms with Gasteiger partial charge in [0.25, 0.3) is 0 Å². The Morgan fingerprint density at radius 3 is 2.71 bits per heavy atom. The molecule has 0 radical (unpaired) electrons. The lowest BCUT2D eigenvalue weighted by Crippen LogP contribution is -2.39. The van der Waals surface area contributed by atoms with Gasteiger partial charge in [0.15, 0.2) is 0 Å². The Bertz CT molecular complexity index is 674. The molecule has 2 nitrogen and oxygen atoms in total. The minimum atomic E-state index is -0.158. The van der Waals surface area contributed by atoms with E-state index in [1.807, 2.05) is 6.07 Å². The van der Waals surface area contributed by atoms with Gasteiger partial charge in [0.2, 0.25) is 0 Å². The van der Waals surface area contributed by atoms with Gasteiger partial charge in [-0.1, -0.05) is 37.3 Å². The normalized spacial score (nSPS) is 19.5. The third-order valence-corrected chi connectivity index (χ3v) is 4.87. The first-order valence-electron chi connectivity index (χ1n) is 8.51. The van der Waals surface area contributed by atoms with Crippen LogP contribution in [0.15, 0.2) is 42.5 Å². The lowest BCUT2D eigenvalue weighted by Gasteiger charge is -2.35. The van der Waals surface area contributed by atoms with Gasteiger partial charge in [0.1, 0.15) is 5.82 Å². The molecular formula is C20H26ClFN2. The second-order valence-electron chi connectivity index (χ2n) is 6.38.